The van der Waals surface area contributed by atoms with Crippen molar-refractivity contribution in [2.75, 3.05) is 18.8 Å². The molecule has 0 radical (unpaired) electrons. The molecule has 0 unspecified atom stereocenters. The fourth-order valence-electron chi connectivity index (χ4n) is 2.75. The molecule has 0 spiro atoms. The number of halogens is 3. The molecule has 9 heteroatoms. The number of piperidine rings is 1. The van der Waals surface area contributed by atoms with E-state index in [9.17, 15) is 18.0 Å². The predicted molar refractivity (Wildman–Crippen MR) is 78.0 cm³/mol. The second kappa shape index (κ2) is 6.14. The van der Waals surface area contributed by atoms with Crippen LogP contribution in [-0.2, 0) is 6.18 Å². The molecule has 1 aliphatic heterocycles. The van der Waals surface area contributed by atoms with E-state index in [-0.39, 0.29) is 17.5 Å². The van der Waals surface area contributed by atoms with Gasteiger partial charge in [-0.25, -0.2) is 0 Å². The third kappa shape index (κ3) is 3.34. The van der Waals surface area contributed by atoms with Crippen LogP contribution in [0.25, 0.3) is 0 Å². The van der Waals surface area contributed by atoms with Crippen molar-refractivity contribution in [3.8, 4) is 0 Å². The van der Waals surface area contributed by atoms with Gasteiger partial charge in [0.1, 0.15) is 0 Å². The van der Waals surface area contributed by atoms with Gasteiger partial charge in [-0.15, -0.1) is 5.10 Å². The summed E-state index contributed by atoms with van der Waals surface area (Å²) in [5.74, 6) is 0.0172. The molecule has 2 heterocycles. The van der Waals surface area contributed by atoms with E-state index < -0.39 is 17.6 Å². The Morgan fingerprint density at radius 2 is 1.96 bits per heavy atom. The molecule has 2 aromatic rings. The molecular formula is C15H15F3N4O2. The molecule has 6 nitrogen and oxygen atoms in total. The largest absolute Gasteiger partial charge is 0.416 e. The number of aromatic nitrogens is 2. The summed E-state index contributed by atoms with van der Waals surface area (Å²) in [6, 6.07) is 4.45. The van der Waals surface area contributed by atoms with Crippen molar-refractivity contribution in [2.24, 2.45) is 0 Å². The summed E-state index contributed by atoms with van der Waals surface area (Å²) in [5, 5.41) is 7.44. The van der Waals surface area contributed by atoms with Crippen molar-refractivity contribution in [2.45, 2.75) is 24.9 Å². The first-order valence-electron chi connectivity index (χ1n) is 7.40. The number of carbonyl (C=O) groups is 1. The summed E-state index contributed by atoms with van der Waals surface area (Å²) < 4.78 is 43.5. The van der Waals surface area contributed by atoms with E-state index in [4.69, 9.17) is 10.2 Å². The highest BCUT2D eigenvalue weighted by Gasteiger charge is 2.32. The number of anilines is 1. The molecule has 0 atom stereocenters. The standard InChI is InChI=1S/C15H15F3N4O2/c16-15(17,18)11-3-1-2-10(8-11)13(23)22-6-4-9(5-7-22)12-20-21-14(19)24-12/h1-3,8-9H,4-7H2,(H2,19,21). The van der Waals surface area contributed by atoms with Crippen LogP contribution >= 0.6 is 0 Å². The topological polar surface area (TPSA) is 85.2 Å². The van der Waals surface area contributed by atoms with Crippen molar-refractivity contribution >= 4 is 11.9 Å². The number of benzene rings is 1. The second-order valence-corrected chi connectivity index (χ2v) is 5.62. The van der Waals surface area contributed by atoms with Crippen molar-refractivity contribution in [3.05, 3.63) is 41.3 Å². The molecule has 1 aromatic carbocycles. The molecule has 0 saturated carbocycles. The highest BCUT2D eigenvalue weighted by Crippen LogP contribution is 2.31. The van der Waals surface area contributed by atoms with Gasteiger partial charge in [0.25, 0.3) is 5.91 Å². The molecule has 0 aliphatic carbocycles. The van der Waals surface area contributed by atoms with Crippen LogP contribution in [0.3, 0.4) is 0 Å². The number of nitrogens with zero attached hydrogens (tertiary/aromatic N) is 3. The first kappa shape index (κ1) is 16.3. The van der Waals surface area contributed by atoms with E-state index in [0.29, 0.717) is 31.8 Å². The van der Waals surface area contributed by atoms with Crippen LogP contribution in [0, 0.1) is 0 Å². The third-order valence-corrected chi connectivity index (χ3v) is 4.02. The Morgan fingerprint density at radius 1 is 1.25 bits per heavy atom. The van der Waals surface area contributed by atoms with Gasteiger partial charge in [-0.1, -0.05) is 11.2 Å². The minimum atomic E-state index is -4.47. The van der Waals surface area contributed by atoms with Gasteiger partial charge in [-0.3, -0.25) is 4.79 Å². The number of likely N-dealkylation sites (tertiary alicyclic amines) is 1. The highest BCUT2D eigenvalue weighted by atomic mass is 19.4. The summed E-state index contributed by atoms with van der Waals surface area (Å²) in [5.41, 5.74) is 4.59. The van der Waals surface area contributed by atoms with Crippen LogP contribution in [0.4, 0.5) is 19.2 Å². The lowest BCUT2D eigenvalue weighted by Gasteiger charge is -2.30. The molecule has 1 aromatic heterocycles. The number of rotatable bonds is 2. The molecule has 3 rings (SSSR count). The molecule has 1 fully saturated rings. The molecule has 1 amide bonds. The maximum absolute atomic E-state index is 12.8. The number of hydrogen-bond donors (Lipinski definition) is 1. The van der Waals surface area contributed by atoms with Crippen LogP contribution in [0.15, 0.2) is 28.7 Å². The number of alkyl halides is 3. The van der Waals surface area contributed by atoms with Crippen molar-refractivity contribution in [1.82, 2.24) is 15.1 Å². The lowest BCUT2D eigenvalue weighted by molar-refractivity contribution is -0.137. The zero-order valence-electron chi connectivity index (χ0n) is 12.6. The number of amides is 1. The monoisotopic (exact) mass is 340 g/mol. The highest BCUT2D eigenvalue weighted by molar-refractivity contribution is 5.94. The van der Waals surface area contributed by atoms with Gasteiger partial charge in [0.15, 0.2) is 0 Å². The van der Waals surface area contributed by atoms with Crippen LogP contribution in [0.2, 0.25) is 0 Å². The van der Waals surface area contributed by atoms with Crippen molar-refractivity contribution in [3.63, 3.8) is 0 Å². The first-order valence-corrected chi connectivity index (χ1v) is 7.40. The summed E-state index contributed by atoms with van der Waals surface area (Å²) in [6.45, 7) is 0.810. The molecule has 1 aliphatic rings. The first-order chi connectivity index (χ1) is 11.3. The zero-order valence-corrected chi connectivity index (χ0v) is 12.6. The Kier molecular flexibility index (Phi) is 4.16. The summed E-state index contributed by atoms with van der Waals surface area (Å²) in [7, 11) is 0. The number of nitrogen functional groups attached to an aromatic ring is 1. The SMILES string of the molecule is Nc1nnc(C2CCN(C(=O)c3cccc(C(F)(F)F)c3)CC2)o1. The van der Waals surface area contributed by atoms with Gasteiger partial charge >= 0.3 is 12.2 Å². The Labute approximate surface area is 135 Å². The minimum absolute atomic E-state index is 0.000333. The normalized spacial score (nSPS) is 16.4. The predicted octanol–water partition coefficient (Wildman–Crippen LogP) is 2.69. The van der Waals surface area contributed by atoms with E-state index in [0.717, 1.165) is 12.1 Å². The average molecular weight is 340 g/mol. The fourth-order valence-corrected chi connectivity index (χ4v) is 2.75. The van der Waals surface area contributed by atoms with Crippen molar-refractivity contribution < 1.29 is 22.4 Å². The van der Waals surface area contributed by atoms with Crippen molar-refractivity contribution in [1.29, 1.82) is 0 Å². The van der Waals surface area contributed by atoms with E-state index in [2.05, 4.69) is 10.2 Å². The Hall–Kier alpha value is -2.58. The Morgan fingerprint density at radius 3 is 2.54 bits per heavy atom. The zero-order chi connectivity index (χ0) is 17.3. The maximum Gasteiger partial charge on any atom is 0.416 e. The van der Waals surface area contributed by atoms with Gasteiger partial charge in [-0.05, 0) is 31.0 Å². The van der Waals surface area contributed by atoms with Gasteiger partial charge in [0, 0.05) is 24.6 Å². The van der Waals surface area contributed by atoms with Gasteiger partial charge in [0.2, 0.25) is 5.89 Å². The van der Waals surface area contributed by atoms with Gasteiger partial charge < -0.3 is 15.1 Å². The smallest absolute Gasteiger partial charge is 0.408 e. The fraction of sp³-hybridized carbons (Fsp3) is 0.400. The molecular weight excluding hydrogens is 325 g/mol. The summed E-state index contributed by atoms with van der Waals surface area (Å²) in [4.78, 5) is 13.9. The lowest BCUT2D eigenvalue weighted by Crippen LogP contribution is -2.38. The average Bonchev–Trinajstić information content (AvgIpc) is 3.00. The molecule has 0 bridgehead atoms. The van der Waals surface area contributed by atoms with Gasteiger partial charge in [-0.2, -0.15) is 13.2 Å². The molecule has 128 valence electrons. The quantitative estimate of drug-likeness (QED) is 0.908. The van der Waals surface area contributed by atoms with Crippen LogP contribution < -0.4 is 5.73 Å². The Bertz CT molecular complexity index is 736. The lowest BCUT2D eigenvalue weighted by atomic mass is 9.96. The summed E-state index contributed by atoms with van der Waals surface area (Å²) in [6.07, 6.45) is -3.29. The number of carbonyl (C=O) groups excluding carboxylic acids is 1. The van der Waals surface area contributed by atoms with Gasteiger partial charge in [0.05, 0.1) is 5.56 Å². The summed E-state index contributed by atoms with van der Waals surface area (Å²) >= 11 is 0. The third-order valence-electron chi connectivity index (χ3n) is 4.02. The molecule has 1 saturated heterocycles. The maximum atomic E-state index is 12.8. The molecule has 24 heavy (non-hydrogen) atoms. The van der Waals surface area contributed by atoms with Crippen LogP contribution in [0.5, 0.6) is 0 Å². The minimum Gasteiger partial charge on any atom is -0.408 e. The number of hydrogen-bond acceptors (Lipinski definition) is 5. The van der Waals surface area contributed by atoms with E-state index in [1.165, 1.54) is 17.0 Å². The van der Waals surface area contributed by atoms with Crippen LogP contribution in [-0.4, -0.2) is 34.1 Å². The second-order valence-electron chi connectivity index (χ2n) is 5.62. The Balaban J connectivity index is 1.67. The van der Waals surface area contributed by atoms with E-state index in [1.54, 1.807) is 0 Å². The molecule has 2 N–H and O–H groups in total. The van der Waals surface area contributed by atoms with E-state index >= 15 is 0 Å². The van der Waals surface area contributed by atoms with E-state index in [1.807, 2.05) is 0 Å². The van der Waals surface area contributed by atoms with Crippen LogP contribution in [0.1, 0.15) is 40.6 Å². The number of nitrogens with two attached hydrogens (primary N) is 1.